The Morgan fingerprint density at radius 2 is 1.85 bits per heavy atom. The highest BCUT2D eigenvalue weighted by Crippen LogP contribution is 2.22. The van der Waals surface area contributed by atoms with Gasteiger partial charge in [0.15, 0.2) is 0 Å². The van der Waals surface area contributed by atoms with Crippen LogP contribution >= 0.6 is 0 Å². The van der Waals surface area contributed by atoms with Crippen LogP contribution in [0, 0.1) is 13.8 Å². The number of benzene rings is 2. The number of aryl methyl sites for hydroxylation is 2. The van der Waals surface area contributed by atoms with Crippen LogP contribution < -0.4 is 5.32 Å². The molecule has 2 aromatic carbocycles. The van der Waals surface area contributed by atoms with E-state index in [2.05, 4.69) is 5.32 Å². The van der Waals surface area contributed by atoms with Crippen molar-refractivity contribution in [3.63, 3.8) is 0 Å². The maximum absolute atomic E-state index is 12.6. The number of nitrogens with zero attached hydrogens (tertiary/aromatic N) is 1. The molecule has 1 amide bonds. The summed E-state index contributed by atoms with van der Waals surface area (Å²) < 4.78 is 26.7. The smallest absolute Gasteiger partial charge is 0.225 e. The van der Waals surface area contributed by atoms with Gasteiger partial charge in [0.05, 0.1) is 5.75 Å². The van der Waals surface area contributed by atoms with Crippen molar-refractivity contribution in [2.45, 2.75) is 33.2 Å². The number of hydrogen-bond donors (Lipinski definition) is 1. The van der Waals surface area contributed by atoms with Gasteiger partial charge in [-0.05, 0) is 48.6 Å². The third kappa shape index (κ3) is 4.31. The number of carbonyl (C=O) groups excluding carboxylic acids is 1. The minimum atomic E-state index is -3.46. The van der Waals surface area contributed by atoms with Gasteiger partial charge in [0.1, 0.15) is 0 Å². The first-order valence-electron chi connectivity index (χ1n) is 8.77. The Bertz CT molecular complexity index is 922. The number of amides is 1. The molecular formula is C20H24N2O3S. The molecule has 138 valence electrons. The number of carbonyl (C=O) groups is 1. The van der Waals surface area contributed by atoms with Gasteiger partial charge in [0.25, 0.3) is 0 Å². The molecule has 0 atom stereocenters. The average molecular weight is 372 g/mol. The molecule has 0 saturated carbocycles. The van der Waals surface area contributed by atoms with E-state index in [9.17, 15) is 13.2 Å². The summed E-state index contributed by atoms with van der Waals surface area (Å²) in [7, 11) is -3.46. The largest absolute Gasteiger partial charge is 0.326 e. The predicted octanol–water partition coefficient (Wildman–Crippen LogP) is 3.02. The van der Waals surface area contributed by atoms with Crippen molar-refractivity contribution >= 4 is 21.6 Å². The summed E-state index contributed by atoms with van der Waals surface area (Å²) in [5.74, 6) is -0.453. The van der Waals surface area contributed by atoms with Crippen LogP contribution in [0.25, 0.3) is 0 Å². The average Bonchev–Trinajstić information content (AvgIpc) is 2.63. The minimum Gasteiger partial charge on any atom is -0.326 e. The predicted molar refractivity (Wildman–Crippen MR) is 104 cm³/mol. The Morgan fingerprint density at radius 1 is 1.12 bits per heavy atom. The highest BCUT2D eigenvalue weighted by atomic mass is 32.2. The summed E-state index contributed by atoms with van der Waals surface area (Å²) in [6.45, 7) is 4.72. The van der Waals surface area contributed by atoms with Crippen LogP contribution in [0.4, 0.5) is 5.69 Å². The van der Waals surface area contributed by atoms with Gasteiger partial charge in [-0.1, -0.05) is 36.4 Å². The number of sulfonamides is 1. The maximum atomic E-state index is 12.6. The van der Waals surface area contributed by atoms with Crippen molar-refractivity contribution in [1.29, 1.82) is 0 Å². The van der Waals surface area contributed by atoms with Crippen molar-refractivity contribution < 1.29 is 13.2 Å². The zero-order valence-electron chi connectivity index (χ0n) is 15.2. The number of fused-ring (bicyclic) bond motifs is 1. The maximum Gasteiger partial charge on any atom is 0.225 e. The molecule has 2 aromatic rings. The lowest BCUT2D eigenvalue weighted by Gasteiger charge is -2.28. The molecule has 1 aliphatic heterocycles. The first-order valence-corrected chi connectivity index (χ1v) is 10.4. The summed E-state index contributed by atoms with van der Waals surface area (Å²) in [5, 5.41) is 2.82. The van der Waals surface area contributed by atoms with Gasteiger partial charge in [0.2, 0.25) is 15.9 Å². The molecule has 1 N–H and O–H groups in total. The zero-order valence-corrected chi connectivity index (χ0v) is 16.0. The lowest BCUT2D eigenvalue weighted by molar-refractivity contribution is -0.115. The van der Waals surface area contributed by atoms with Crippen molar-refractivity contribution in [2.24, 2.45) is 0 Å². The fraction of sp³-hybridized carbons (Fsp3) is 0.350. The van der Waals surface area contributed by atoms with E-state index in [0.29, 0.717) is 19.5 Å². The normalized spacial score (nSPS) is 14.7. The van der Waals surface area contributed by atoms with Gasteiger partial charge >= 0.3 is 0 Å². The monoisotopic (exact) mass is 372 g/mol. The van der Waals surface area contributed by atoms with Crippen LogP contribution in [0.15, 0.2) is 42.5 Å². The lowest BCUT2D eigenvalue weighted by Crippen LogP contribution is -2.38. The summed E-state index contributed by atoms with van der Waals surface area (Å²) >= 11 is 0. The van der Waals surface area contributed by atoms with Crippen LogP contribution in [0.3, 0.4) is 0 Å². The molecule has 0 radical (unpaired) electrons. The molecule has 1 heterocycles. The van der Waals surface area contributed by atoms with E-state index >= 15 is 0 Å². The number of hydrogen-bond acceptors (Lipinski definition) is 3. The Morgan fingerprint density at radius 3 is 2.62 bits per heavy atom. The number of nitrogens with one attached hydrogen (secondary N) is 1. The first kappa shape index (κ1) is 18.6. The van der Waals surface area contributed by atoms with Crippen LogP contribution in [0.1, 0.15) is 28.7 Å². The van der Waals surface area contributed by atoms with Gasteiger partial charge < -0.3 is 5.32 Å². The molecule has 0 aliphatic carbocycles. The fourth-order valence-corrected chi connectivity index (χ4v) is 4.55. The molecule has 6 heteroatoms. The van der Waals surface area contributed by atoms with E-state index in [-0.39, 0.29) is 18.1 Å². The summed E-state index contributed by atoms with van der Waals surface area (Å²) in [5.41, 5.74) is 4.98. The van der Waals surface area contributed by atoms with Gasteiger partial charge in [0, 0.05) is 25.2 Å². The van der Waals surface area contributed by atoms with E-state index in [1.54, 1.807) is 0 Å². The molecule has 1 aliphatic rings. The SMILES string of the molecule is Cc1ccc(C)c(NC(=O)CCS(=O)(=O)N2CCc3ccccc3C2)c1. The van der Waals surface area contributed by atoms with Crippen LogP contribution in [-0.2, 0) is 27.8 Å². The summed E-state index contributed by atoms with van der Waals surface area (Å²) in [6.07, 6.45) is 0.665. The Hall–Kier alpha value is -2.18. The van der Waals surface area contributed by atoms with E-state index in [0.717, 1.165) is 22.4 Å². The van der Waals surface area contributed by atoms with Crippen LogP contribution in [0.2, 0.25) is 0 Å². The quantitative estimate of drug-likeness (QED) is 0.877. The van der Waals surface area contributed by atoms with E-state index in [1.807, 2.05) is 56.3 Å². The second kappa shape index (κ2) is 7.60. The van der Waals surface area contributed by atoms with Crippen LogP contribution in [0.5, 0.6) is 0 Å². The molecule has 0 spiro atoms. The van der Waals surface area contributed by atoms with E-state index in [1.165, 1.54) is 9.87 Å². The van der Waals surface area contributed by atoms with Crippen LogP contribution in [-0.4, -0.2) is 30.9 Å². The molecule has 0 fully saturated rings. The summed E-state index contributed by atoms with van der Waals surface area (Å²) in [6, 6.07) is 13.7. The van der Waals surface area contributed by atoms with E-state index < -0.39 is 10.0 Å². The molecule has 5 nitrogen and oxygen atoms in total. The van der Waals surface area contributed by atoms with Crippen molar-refractivity contribution in [2.75, 3.05) is 17.6 Å². The molecule has 3 rings (SSSR count). The third-order valence-electron chi connectivity index (χ3n) is 4.74. The molecule has 0 aromatic heterocycles. The highest BCUT2D eigenvalue weighted by molar-refractivity contribution is 7.89. The molecule has 0 unspecified atom stereocenters. The third-order valence-corrected chi connectivity index (χ3v) is 6.56. The van der Waals surface area contributed by atoms with E-state index in [4.69, 9.17) is 0 Å². The lowest BCUT2D eigenvalue weighted by atomic mass is 10.0. The summed E-state index contributed by atoms with van der Waals surface area (Å²) in [4.78, 5) is 12.2. The first-order chi connectivity index (χ1) is 12.3. The Kier molecular flexibility index (Phi) is 5.44. The van der Waals surface area contributed by atoms with Crippen molar-refractivity contribution in [1.82, 2.24) is 4.31 Å². The molecule has 0 bridgehead atoms. The molecular weight excluding hydrogens is 348 g/mol. The van der Waals surface area contributed by atoms with Gasteiger partial charge in [-0.3, -0.25) is 4.79 Å². The number of rotatable bonds is 5. The Balaban J connectivity index is 1.60. The molecule has 26 heavy (non-hydrogen) atoms. The molecule has 0 saturated heterocycles. The number of anilines is 1. The Labute approximate surface area is 155 Å². The van der Waals surface area contributed by atoms with Gasteiger partial charge in [-0.15, -0.1) is 0 Å². The second-order valence-electron chi connectivity index (χ2n) is 6.78. The highest BCUT2D eigenvalue weighted by Gasteiger charge is 2.27. The van der Waals surface area contributed by atoms with Gasteiger partial charge in [-0.2, -0.15) is 4.31 Å². The minimum absolute atomic E-state index is 0.0478. The zero-order chi connectivity index (χ0) is 18.7. The second-order valence-corrected chi connectivity index (χ2v) is 8.87. The fourth-order valence-electron chi connectivity index (χ4n) is 3.14. The van der Waals surface area contributed by atoms with Crippen molar-refractivity contribution in [3.05, 3.63) is 64.7 Å². The van der Waals surface area contributed by atoms with Gasteiger partial charge in [-0.25, -0.2) is 8.42 Å². The standard InChI is InChI=1S/C20H24N2O3S/c1-15-7-8-16(2)19(13-15)21-20(23)10-12-26(24,25)22-11-9-17-5-3-4-6-18(17)14-22/h3-8,13H,9-12,14H2,1-2H3,(H,21,23). The topological polar surface area (TPSA) is 66.5 Å². The van der Waals surface area contributed by atoms with Crippen molar-refractivity contribution in [3.8, 4) is 0 Å².